The molecule has 4 rings (SSSR count). The number of carbonyl (C=O) groups excluding carboxylic acids is 1. The third kappa shape index (κ3) is 3.10. The number of hydrogen-bond donors (Lipinski definition) is 1. The summed E-state index contributed by atoms with van der Waals surface area (Å²) >= 11 is 0. The van der Waals surface area contributed by atoms with Crippen LogP contribution in [0.1, 0.15) is 21.6 Å². The summed E-state index contributed by atoms with van der Waals surface area (Å²) < 4.78 is 28.0. The van der Waals surface area contributed by atoms with Gasteiger partial charge in [-0.1, -0.05) is 0 Å². The molecule has 3 aromatic rings. The number of nitrogens with one attached hydrogen (secondary N) is 1. The number of halogens is 2. The zero-order valence-corrected chi connectivity index (χ0v) is 16.2. The summed E-state index contributed by atoms with van der Waals surface area (Å²) in [5, 5.41) is 0. The van der Waals surface area contributed by atoms with E-state index in [9.17, 15) is 18.4 Å². The average molecular weight is 406 g/mol. The van der Waals surface area contributed by atoms with Crippen LogP contribution in [0.25, 0.3) is 4.85 Å². The number of H-pyrrole nitrogens is 1. The second kappa shape index (κ2) is 7.12. The summed E-state index contributed by atoms with van der Waals surface area (Å²) in [5.41, 5.74) is 2.08. The Morgan fingerprint density at radius 2 is 1.70 bits per heavy atom. The first-order valence-electron chi connectivity index (χ1n) is 9.06. The SMILES string of the molecule is [C-]#[N+]c1cc2c(cc1F)C(=O)N(c1ccc(=O)[nH]c1C)CN2c1ccc(F)cc1C. The molecule has 2 heterocycles. The van der Waals surface area contributed by atoms with Gasteiger partial charge in [0.2, 0.25) is 11.2 Å². The number of carbonyl (C=O) groups is 1. The Kier molecular flexibility index (Phi) is 4.59. The molecule has 0 unspecified atom stereocenters. The number of aryl methyl sites for hydroxylation is 2. The van der Waals surface area contributed by atoms with Gasteiger partial charge >= 0.3 is 0 Å². The van der Waals surface area contributed by atoms with E-state index in [2.05, 4.69) is 9.83 Å². The van der Waals surface area contributed by atoms with Gasteiger partial charge in [0.25, 0.3) is 5.91 Å². The molecule has 1 aliphatic heterocycles. The van der Waals surface area contributed by atoms with Gasteiger partial charge in [-0.3, -0.25) is 14.5 Å². The van der Waals surface area contributed by atoms with Crippen LogP contribution in [0, 0.1) is 32.1 Å². The van der Waals surface area contributed by atoms with Gasteiger partial charge in [0.1, 0.15) is 18.3 Å². The fourth-order valence-electron chi connectivity index (χ4n) is 3.63. The highest BCUT2D eigenvalue weighted by molar-refractivity contribution is 6.13. The highest BCUT2D eigenvalue weighted by Crippen LogP contribution is 2.40. The van der Waals surface area contributed by atoms with Gasteiger partial charge in [-0.05, 0) is 55.8 Å². The standard InChI is InChI=1S/C22H16F2N4O2/c1-12-8-14(23)4-5-18(12)27-11-28(19-6-7-21(29)26-13(19)2)22(30)15-9-16(24)17(25-3)10-20(15)27/h4-10H,11H2,1-2H3,(H,26,29). The molecule has 2 aromatic carbocycles. The van der Waals surface area contributed by atoms with Gasteiger partial charge < -0.3 is 9.88 Å². The maximum absolute atomic E-state index is 14.4. The summed E-state index contributed by atoms with van der Waals surface area (Å²) in [6.45, 7) is 10.6. The molecule has 0 radical (unpaired) electrons. The van der Waals surface area contributed by atoms with Gasteiger partial charge in [-0.25, -0.2) is 13.6 Å². The van der Waals surface area contributed by atoms with Crippen LogP contribution in [0.15, 0.2) is 47.3 Å². The van der Waals surface area contributed by atoms with Crippen molar-refractivity contribution in [2.75, 3.05) is 16.5 Å². The van der Waals surface area contributed by atoms with Gasteiger partial charge in [0, 0.05) is 23.1 Å². The van der Waals surface area contributed by atoms with Crippen LogP contribution in [-0.2, 0) is 0 Å². The number of aromatic amines is 1. The lowest BCUT2D eigenvalue weighted by atomic mass is 10.0. The molecule has 0 saturated carbocycles. The van der Waals surface area contributed by atoms with Crippen molar-refractivity contribution in [2.24, 2.45) is 0 Å². The molecule has 0 fully saturated rings. The number of aromatic nitrogens is 1. The average Bonchev–Trinajstić information content (AvgIpc) is 2.69. The van der Waals surface area contributed by atoms with Crippen molar-refractivity contribution >= 4 is 28.7 Å². The quantitative estimate of drug-likeness (QED) is 0.634. The number of rotatable bonds is 2. The maximum Gasteiger partial charge on any atom is 0.261 e. The first-order chi connectivity index (χ1) is 14.3. The molecule has 1 N–H and O–H groups in total. The van der Waals surface area contributed by atoms with Gasteiger partial charge in [-0.15, -0.1) is 0 Å². The summed E-state index contributed by atoms with van der Waals surface area (Å²) in [6, 6.07) is 9.44. The van der Waals surface area contributed by atoms with Crippen LogP contribution in [0.5, 0.6) is 0 Å². The van der Waals surface area contributed by atoms with E-state index in [0.29, 0.717) is 28.3 Å². The molecule has 1 aromatic heterocycles. The highest BCUT2D eigenvalue weighted by Gasteiger charge is 2.33. The fraction of sp³-hybridized carbons (Fsp3) is 0.136. The van der Waals surface area contributed by atoms with E-state index in [1.165, 1.54) is 35.2 Å². The molecule has 1 amide bonds. The van der Waals surface area contributed by atoms with Gasteiger partial charge in [0.15, 0.2) is 0 Å². The summed E-state index contributed by atoms with van der Waals surface area (Å²) in [4.78, 5) is 33.8. The molecule has 0 bridgehead atoms. The number of anilines is 3. The number of amides is 1. The molecule has 0 saturated heterocycles. The van der Waals surface area contributed by atoms with E-state index in [0.717, 1.165) is 6.07 Å². The first-order valence-corrected chi connectivity index (χ1v) is 9.06. The Labute approximate surface area is 170 Å². The molecule has 8 heteroatoms. The molecule has 0 atom stereocenters. The summed E-state index contributed by atoms with van der Waals surface area (Å²) in [7, 11) is 0. The number of nitrogens with zero attached hydrogens (tertiary/aromatic N) is 3. The van der Waals surface area contributed by atoms with E-state index >= 15 is 0 Å². The predicted molar refractivity (Wildman–Crippen MR) is 109 cm³/mol. The summed E-state index contributed by atoms with van der Waals surface area (Å²) in [6.07, 6.45) is 0. The minimum Gasteiger partial charge on any atom is -0.324 e. The smallest absolute Gasteiger partial charge is 0.261 e. The first kappa shape index (κ1) is 19.3. The minimum absolute atomic E-state index is 0.0360. The largest absolute Gasteiger partial charge is 0.324 e. The topological polar surface area (TPSA) is 60.8 Å². The molecule has 30 heavy (non-hydrogen) atoms. The number of fused-ring (bicyclic) bond motifs is 1. The van der Waals surface area contributed by atoms with Crippen molar-refractivity contribution in [1.29, 1.82) is 0 Å². The number of hydrogen-bond acceptors (Lipinski definition) is 3. The van der Waals surface area contributed by atoms with Gasteiger partial charge in [0.05, 0.1) is 17.8 Å². The highest BCUT2D eigenvalue weighted by atomic mass is 19.1. The Morgan fingerprint density at radius 1 is 0.967 bits per heavy atom. The summed E-state index contributed by atoms with van der Waals surface area (Å²) in [5.74, 6) is -1.67. The predicted octanol–water partition coefficient (Wildman–Crippen LogP) is 4.58. The van der Waals surface area contributed by atoms with Crippen LogP contribution < -0.4 is 15.4 Å². The lowest BCUT2D eigenvalue weighted by Crippen LogP contribution is -2.45. The molecule has 0 spiro atoms. The zero-order chi connectivity index (χ0) is 21.6. The molecule has 1 aliphatic rings. The normalized spacial score (nSPS) is 13.2. The van der Waals surface area contributed by atoms with Crippen LogP contribution >= 0.6 is 0 Å². The molecule has 6 nitrogen and oxygen atoms in total. The second-order valence-electron chi connectivity index (χ2n) is 7.00. The van der Waals surface area contributed by atoms with E-state index < -0.39 is 17.5 Å². The molecular formula is C22H16F2N4O2. The number of benzene rings is 2. The van der Waals surface area contributed by atoms with Crippen molar-refractivity contribution in [2.45, 2.75) is 13.8 Å². The van der Waals surface area contributed by atoms with Crippen molar-refractivity contribution in [3.8, 4) is 0 Å². The van der Waals surface area contributed by atoms with Crippen LogP contribution in [0.4, 0.5) is 31.5 Å². The molecule has 150 valence electrons. The van der Waals surface area contributed by atoms with Crippen LogP contribution in [0.3, 0.4) is 0 Å². The molecule has 0 aliphatic carbocycles. The van der Waals surface area contributed by atoms with E-state index in [-0.39, 0.29) is 23.5 Å². The van der Waals surface area contributed by atoms with Crippen molar-refractivity contribution in [1.82, 2.24) is 4.98 Å². The zero-order valence-electron chi connectivity index (χ0n) is 16.2. The maximum atomic E-state index is 14.4. The van der Waals surface area contributed by atoms with E-state index in [1.807, 2.05) is 0 Å². The Balaban J connectivity index is 1.95. The van der Waals surface area contributed by atoms with E-state index in [4.69, 9.17) is 6.57 Å². The van der Waals surface area contributed by atoms with Crippen LogP contribution in [0.2, 0.25) is 0 Å². The second-order valence-corrected chi connectivity index (χ2v) is 7.00. The third-order valence-corrected chi connectivity index (χ3v) is 5.06. The Morgan fingerprint density at radius 3 is 2.37 bits per heavy atom. The minimum atomic E-state index is -0.798. The Hall–Kier alpha value is -3.99. The van der Waals surface area contributed by atoms with Crippen molar-refractivity contribution in [3.05, 3.63) is 92.7 Å². The van der Waals surface area contributed by atoms with E-state index in [1.54, 1.807) is 24.8 Å². The van der Waals surface area contributed by atoms with Crippen molar-refractivity contribution < 1.29 is 13.6 Å². The number of pyridine rings is 1. The molecular weight excluding hydrogens is 390 g/mol. The lowest BCUT2D eigenvalue weighted by Gasteiger charge is -2.39. The monoisotopic (exact) mass is 406 g/mol. The van der Waals surface area contributed by atoms with Crippen molar-refractivity contribution in [3.63, 3.8) is 0 Å². The van der Waals surface area contributed by atoms with Gasteiger partial charge in [-0.2, -0.15) is 0 Å². The Bertz CT molecular complexity index is 1290. The fourth-order valence-corrected chi connectivity index (χ4v) is 3.63. The van der Waals surface area contributed by atoms with Crippen LogP contribution in [-0.4, -0.2) is 17.6 Å². The third-order valence-electron chi connectivity index (χ3n) is 5.06. The lowest BCUT2D eigenvalue weighted by molar-refractivity contribution is 0.0983.